The number of benzene rings is 1. The molecule has 24 heavy (non-hydrogen) atoms. The van der Waals surface area contributed by atoms with Crippen molar-refractivity contribution in [2.45, 2.75) is 43.2 Å². The molecule has 2 atom stereocenters. The fourth-order valence-electron chi connectivity index (χ4n) is 4.50. The lowest BCUT2D eigenvalue weighted by molar-refractivity contribution is 0.0963. The summed E-state index contributed by atoms with van der Waals surface area (Å²) in [6, 6.07) is 9.54. The molecule has 3 rings (SSSR count). The average molecular weight is 375 g/mol. The predicted octanol–water partition coefficient (Wildman–Crippen LogP) is 2.11. The van der Waals surface area contributed by atoms with Gasteiger partial charge in [0, 0.05) is 18.5 Å². The van der Waals surface area contributed by atoms with Crippen molar-refractivity contribution in [1.82, 2.24) is 4.90 Å². The van der Waals surface area contributed by atoms with Crippen molar-refractivity contribution < 1.29 is 28.7 Å². The lowest BCUT2D eigenvalue weighted by Gasteiger charge is -2.44. The molecule has 1 saturated carbocycles. The molecule has 0 spiro atoms. The van der Waals surface area contributed by atoms with Crippen LogP contribution in [-0.2, 0) is 15.7 Å². The molecule has 1 saturated heterocycles. The van der Waals surface area contributed by atoms with Gasteiger partial charge in [0.05, 0.1) is 0 Å². The van der Waals surface area contributed by atoms with E-state index in [1.54, 1.807) is 0 Å². The number of hydrogen-bond donors (Lipinski definition) is 4. The van der Waals surface area contributed by atoms with Gasteiger partial charge in [-0.3, -0.25) is 14.0 Å². The summed E-state index contributed by atoms with van der Waals surface area (Å²) in [5.41, 5.74) is 1.09. The first-order chi connectivity index (χ1) is 11.2. The van der Waals surface area contributed by atoms with Crippen LogP contribution >= 0.6 is 15.2 Å². The third-order valence-corrected chi connectivity index (χ3v) is 10.2. The summed E-state index contributed by atoms with van der Waals surface area (Å²) >= 11 is 0. The van der Waals surface area contributed by atoms with Crippen molar-refractivity contribution in [3.8, 4) is 0 Å². The minimum atomic E-state index is -4.95. The second-order valence-corrected chi connectivity index (χ2v) is 10.9. The van der Waals surface area contributed by atoms with Crippen LogP contribution in [0.3, 0.4) is 0 Å². The largest absolute Gasteiger partial charge is 0.344 e. The van der Waals surface area contributed by atoms with Gasteiger partial charge in [-0.25, -0.2) is 0 Å². The molecule has 0 aromatic heterocycles. The van der Waals surface area contributed by atoms with Crippen LogP contribution in [0.2, 0.25) is 0 Å². The summed E-state index contributed by atoms with van der Waals surface area (Å²) in [5, 5.41) is 0. The van der Waals surface area contributed by atoms with Gasteiger partial charge in [-0.15, -0.1) is 0 Å². The van der Waals surface area contributed by atoms with Gasteiger partial charge in [0.15, 0.2) is 4.90 Å². The number of nitrogens with zero attached hydrogens (tertiary/aromatic N) is 1. The minimum absolute atomic E-state index is 0.137. The van der Waals surface area contributed by atoms with Gasteiger partial charge in [0.2, 0.25) is 0 Å². The lowest BCUT2D eigenvalue weighted by Crippen LogP contribution is -2.48. The summed E-state index contributed by atoms with van der Waals surface area (Å²) in [7, 11) is -9.91. The number of rotatable bonds is 4. The van der Waals surface area contributed by atoms with E-state index in [0.29, 0.717) is 25.8 Å². The van der Waals surface area contributed by atoms with E-state index in [1.165, 1.54) is 0 Å². The van der Waals surface area contributed by atoms with Gasteiger partial charge < -0.3 is 19.6 Å². The molecule has 2 fully saturated rings. The van der Waals surface area contributed by atoms with E-state index in [-0.39, 0.29) is 12.5 Å². The van der Waals surface area contributed by atoms with Crippen molar-refractivity contribution >= 4 is 15.2 Å². The number of piperidine rings is 1. The van der Waals surface area contributed by atoms with Crippen LogP contribution in [0, 0.1) is 5.92 Å². The Morgan fingerprint density at radius 2 is 1.67 bits per heavy atom. The van der Waals surface area contributed by atoms with Crippen molar-refractivity contribution in [2.24, 2.45) is 5.92 Å². The first kappa shape index (κ1) is 18.3. The summed E-state index contributed by atoms with van der Waals surface area (Å²) in [6.45, 7) is 1.40. The van der Waals surface area contributed by atoms with Crippen molar-refractivity contribution in [3.63, 3.8) is 0 Å². The maximum atomic E-state index is 12.1. The standard InChI is InChI=1S/C15H23NO6P2/c17-23(18,19)15(24(20,21)22)9-8-14-13(15)7-4-10-16(14)11-12-5-2-1-3-6-12/h1-3,5-6,13-14H,4,7-11H2,(H2,17,18,19)(H2,20,21,22). The zero-order chi connectivity index (χ0) is 17.6. The first-order valence-corrected chi connectivity index (χ1v) is 11.3. The minimum Gasteiger partial charge on any atom is -0.324 e. The van der Waals surface area contributed by atoms with Gasteiger partial charge in [-0.05, 0) is 37.8 Å². The van der Waals surface area contributed by atoms with E-state index >= 15 is 0 Å². The van der Waals surface area contributed by atoms with Gasteiger partial charge in [0.1, 0.15) is 0 Å². The molecule has 0 amide bonds. The molecule has 134 valence electrons. The van der Waals surface area contributed by atoms with Gasteiger partial charge in [-0.2, -0.15) is 0 Å². The Bertz CT molecular complexity index is 662. The third-order valence-electron chi connectivity index (χ3n) is 5.53. The molecule has 2 unspecified atom stereocenters. The zero-order valence-corrected chi connectivity index (χ0v) is 15.0. The second-order valence-electron chi connectivity index (χ2n) is 6.78. The van der Waals surface area contributed by atoms with Crippen LogP contribution < -0.4 is 0 Å². The van der Waals surface area contributed by atoms with Crippen LogP contribution in [-0.4, -0.2) is 42.0 Å². The van der Waals surface area contributed by atoms with E-state index < -0.39 is 26.0 Å². The predicted molar refractivity (Wildman–Crippen MR) is 89.4 cm³/mol. The molecule has 0 radical (unpaired) electrons. The summed E-state index contributed by atoms with van der Waals surface area (Å²) in [5.74, 6) is -0.684. The molecule has 9 heteroatoms. The third kappa shape index (κ3) is 2.93. The Morgan fingerprint density at radius 1 is 1.04 bits per heavy atom. The highest BCUT2D eigenvalue weighted by molar-refractivity contribution is 7.72. The molecule has 1 aromatic rings. The van der Waals surface area contributed by atoms with E-state index in [1.807, 2.05) is 30.3 Å². The van der Waals surface area contributed by atoms with Crippen LogP contribution in [0.1, 0.15) is 31.2 Å². The molecular formula is C15H23NO6P2. The SMILES string of the molecule is O=P(O)(O)C1(P(=O)(O)O)CCC2C1CCCN2Cc1ccccc1. The molecule has 1 heterocycles. The molecule has 0 bridgehead atoms. The Labute approximate surface area is 141 Å². The maximum Gasteiger partial charge on any atom is 0.344 e. The molecule has 7 nitrogen and oxygen atoms in total. The lowest BCUT2D eigenvalue weighted by atomic mass is 9.91. The van der Waals surface area contributed by atoms with Crippen LogP contribution in [0.15, 0.2) is 30.3 Å². The van der Waals surface area contributed by atoms with Gasteiger partial charge >= 0.3 is 15.2 Å². The highest BCUT2D eigenvalue weighted by Crippen LogP contribution is 2.78. The molecular weight excluding hydrogens is 352 g/mol. The quantitative estimate of drug-likeness (QED) is 0.595. The Morgan fingerprint density at radius 3 is 2.25 bits per heavy atom. The first-order valence-electron chi connectivity index (χ1n) is 8.06. The highest BCUT2D eigenvalue weighted by Gasteiger charge is 2.69. The highest BCUT2D eigenvalue weighted by atomic mass is 31.2. The molecule has 1 aliphatic heterocycles. The van der Waals surface area contributed by atoms with Crippen molar-refractivity contribution in [1.29, 1.82) is 0 Å². The fourth-order valence-corrected chi connectivity index (χ4v) is 8.17. The van der Waals surface area contributed by atoms with E-state index in [4.69, 9.17) is 0 Å². The average Bonchev–Trinajstić information content (AvgIpc) is 2.89. The monoisotopic (exact) mass is 375 g/mol. The number of likely N-dealkylation sites (tertiary alicyclic amines) is 1. The van der Waals surface area contributed by atoms with Crippen molar-refractivity contribution in [3.05, 3.63) is 35.9 Å². The van der Waals surface area contributed by atoms with Gasteiger partial charge in [0.25, 0.3) is 0 Å². The summed E-state index contributed by atoms with van der Waals surface area (Å²) < 4.78 is 24.2. The molecule has 4 N–H and O–H groups in total. The second kappa shape index (κ2) is 6.33. The van der Waals surface area contributed by atoms with Crippen LogP contribution in [0.5, 0.6) is 0 Å². The number of hydrogen-bond acceptors (Lipinski definition) is 3. The zero-order valence-electron chi connectivity index (χ0n) is 13.2. The van der Waals surface area contributed by atoms with E-state index in [9.17, 15) is 28.7 Å². The summed E-state index contributed by atoms with van der Waals surface area (Å²) in [4.78, 5) is 39.2. The molecule has 1 aromatic carbocycles. The maximum absolute atomic E-state index is 12.1. The molecule has 2 aliphatic rings. The van der Waals surface area contributed by atoms with Gasteiger partial charge in [-0.1, -0.05) is 30.3 Å². The Balaban J connectivity index is 1.92. The normalized spacial score (nSPS) is 27.8. The van der Waals surface area contributed by atoms with Crippen LogP contribution in [0.25, 0.3) is 0 Å². The number of fused-ring (bicyclic) bond motifs is 1. The topological polar surface area (TPSA) is 118 Å². The fraction of sp³-hybridized carbons (Fsp3) is 0.600. The van der Waals surface area contributed by atoms with Crippen LogP contribution in [0.4, 0.5) is 0 Å². The van der Waals surface area contributed by atoms with E-state index in [2.05, 4.69) is 4.90 Å². The Kier molecular flexibility index (Phi) is 4.82. The van der Waals surface area contributed by atoms with E-state index in [0.717, 1.165) is 12.1 Å². The Hall–Kier alpha value is -0.520. The summed E-state index contributed by atoms with van der Waals surface area (Å²) in [6.07, 6.45) is 1.37. The van der Waals surface area contributed by atoms with Crippen molar-refractivity contribution in [2.75, 3.05) is 6.54 Å². The smallest absolute Gasteiger partial charge is 0.324 e. The molecule has 1 aliphatic carbocycles.